The highest BCUT2D eigenvalue weighted by atomic mass is 35.5. The van der Waals surface area contributed by atoms with E-state index in [1.807, 2.05) is 43.8 Å². The molecular weight excluding hydrogens is 402 g/mol. The van der Waals surface area contributed by atoms with Gasteiger partial charge < -0.3 is 19.5 Å². The number of nitrogens with zero attached hydrogens (tertiary/aromatic N) is 6. The number of morpholine rings is 1. The number of halogens is 1. The second-order valence-electron chi connectivity index (χ2n) is 7.58. The third kappa shape index (κ3) is 6.68. The predicted octanol–water partition coefficient (Wildman–Crippen LogP) is 2.08. The van der Waals surface area contributed by atoms with Gasteiger partial charge in [-0.2, -0.15) is 0 Å². The Morgan fingerprint density at radius 2 is 2.10 bits per heavy atom. The van der Waals surface area contributed by atoms with Crippen LogP contribution in [0.15, 0.2) is 29.3 Å². The van der Waals surface area contributed by atoms with E-state index in [1.165, 1.54) is 0 Å². The number of aliphatic imine (C=N–C) groups is 1. The van der Waals surface area contributed by atoms with Crippen LogP contribution in [-0.2, 0) is 24.9 Å². The molecule has 0 saturated carbocycles. The van der Waals surface area contributed by atoms with Crippen molar-refractivity contribution in [1.82, 2.24) is 29.9 Å². The minimum Gasteiger partial charge on any atom is -0.379 e. The van der Waals surface area contributed by atoms with Crippen LogP contribution >= 0.6 is 11.6 Å². The van der Waals surface area contributed by atoms with Crippen LogP contribution in [0.1, 0.15) is 23.6 Å². The number of nitrogens with one attached hydrogen (secondary N) is 1. The lowest BCUT2D eigenvalue weighted by Crippen LogP contribution is -2.41. The second kappa shape index (κ2) is 11.3. The maximum atomic E-state index is 6.15. The van der Waals surface area contributed by atoms with Crippen molar-refractivity contribution in [3.63, 3.8) is 0 Å². The van der Waals surface area contributed by atoms with E-state index in [9.17, 15) is 0 Å². The Kier molecular flexibility index (Phi) is 8.48. The highest BCUT2D eigenvalue weighted by Gasteiger charge is 2.12. The van der Waals surface area contributed by atoms with Crippen LogP contribution in [-0.4, -0.2) is 77.0 Å². The summed E-state index contributed by atoms with van der Waals surface area (Å²) in [6.07, 6.45) is 1.05. The van der Waals surface area contributed by atoms with Crippen LogP contribution in [0.25, 0.3) is 0 Å². The fourth-order valence-corrected chi connectivity index (χ4v) is 3.57. The topological polar surface area (TPSA) is 70.8 Å². The molecule has 30 heavy (non-hydrogen) atoms. The first-order valence-corrected chi connectivity index (χ1v) is 10.8. The number of hydrogen-bond acceptors (Lipinski definition) is 5. The standard InChI is InChI=1S/C21H32ClN7O/c1-17-25-26-20(28(17)3)15-24-21(23-8-5-9-29-10-12-30-13-11-29)27(2)16-18-6-4-7-19(22)14-18/h4,6-7,14H,5,8-13,15-16H2,1-3H3,(H,23,24). The second-order valence-corrected chi connectivity index (χ2v) is 8.02. The summed E-state index contributed by atoms with van der Waals surface area (Å²) >= 11 is 6.15. The number of rotatable bonds is 8. The lowest BCUT2D eigenvalue weighted by atomic mass is 10.2. The summed E-state index contributed by atoms with van der Waals surface area (Å²) in [4.78, 5) is 9.37. The maximum Gasteiger partial charge on any atom is 0.194 e. The molecular formula is C21H32ClN7O. The van der Waals surface area contributed by atoms with E-state index in [-0.39, 0.29) is 0 Å². The molecule has 0 atom stereocenters. The minimum atomic E-state index is 0.475. The summed E-state index contributed by atoms with van der Waals surface area (Å²) in [6.45, 7) is 8.74. The number of ether oxygens (including phenoxy) is 1. The lowest BCUT2D eigenvalue weighted by Gasteiger charge is -2.27. The van der Waals surface area contributed by atoms with Crippen molar-refractivity contribution in [2.24, 2.45) is 12.0 Å². The van der Waals surface area contributed by atoms with Crippen molar-refractivity contribution in [3.05, 3.63) is 46.5 Å². The smallest absolute Gasteiger partial charge is 0.194 e. The Bertz CT molecular complexity index is 833. The zero-order valence-corrected chi connectivity index (χ0v) is 18.9. The van der Waals surface area contributed by atoms with Crippen molar-refractivity contribution in [2.75, 3.05) is 46.4 Å². The van der Waals surface area contributed by atoms with E-state index in [0.29, 0.717) is 13.1 Å². The first-order valence-electron chi connectivity index (χ1n) is 10.4. The van der Waals surface area contributed by atoms with E-state index < -0.39 is 0 Å². The molecule has 1 saturated heterocycles. The molecule has 0 spiro atoms. The van der Waals surface area contributed by atoms with Crippen LogP contribution in [0.2, 0.25) is 5.02 Å². The molecule has 0 amide bonds. The van der Waals surface area contributed by atoms with Crippen molar-refractivity contribution < 1.29 is 4.74 Å². The zero-order valence-electron chi connectivity index (χ0n) is 18.1. The van der Waals surface area contributed by atoms with E-state index in [2.05, 4.69) is 31.4 Å². The van der Waals surface area contributed by atoms with Gasteiger partial charge in [0.25, 0.3) is 0 Å². The Labute approximate surface area is 183 Å². The molecule has 1 fully saturated rings. The van der Waals surface area contributed by atoms with Crippen molar-refractivity contribution in [1.29, 1.82) is 0 Å². The van der Waals surface area contributed by atoms with Crippen molar-refractivity contribution in [3.8, 4) is 0 Å². The van der Waals surface area contributed by atoms with Gasteiger partial charge in [0, 0.05) is 45.3 Å². The van der Waals surface area contributed by atoms with Gasteiger partial charge in [0.1, 0.15) is 12.4 Å². The van der Waals surface area contributed by atoms with E-state index in [4.69, 9.17) is 21.3 Å². The quantitative estimate of drug-likeness (QED) is 0.390. The van der Waals surface area contributed by atoms with Crippen LogP contribution < -0.4 is 5.32 Å². The van der Waals surface area contributed by atoms with Crippen molar-refractivity contribution in [2.45, 2.75) is 26.4 Å². The van der Waals surface area contributed by atoms with Gasteiger partial charge in [0.05, 0.1) is 13.2 Å². The van der Waals surface area contributed by atoms with Gasteiger partial charge in [0.15, 0.2) is 11.8 Å². The number of aromatic nitrogens is 3. The molecule has 9 heteroatoms. The predicted molar refractivity (Wildman–Crippen MR) is 120 cm³/mol. The normalized spacial score (nSPS) is 15.4. The summed E-state index contributed by atoms with van der Waals surface area (Å²) in [7, 11) is 4.00. The molecule has 1 aromatic heterocycles. The molecule has 1 aliphatic rings. The van der Waals surface area contributed by atoms with E-state index in [0.717, 1.165) is 74.0 Å². The highest BCUT2D eigenvalue weighted by molar-refractivity contribution is 6.30. The van der Waals surface area contributed by atoms with Gasteiger partial charge in [-0.1, -0.05) is 23.7 Å². The first kappa shape index (κ1) is 22.5. The fourth-order valence-electron chi connectivity index (χ4n) is 3.36. The fraction of sp³-hybridized carbons (Fsp3) is 0.571. The van der Waals surface area contributed by atoms with Crippen LogP contribution in [0.4, 0.5) is 0 Å². The summed E-state index contributed by atoms with van der Waals surface area (Å²) in [5, 5.41) is 12.6. The molecule has 0 radical (unpaired) electrons. The molecule has 2 aromatic rings. The molecule has 8 nitrogen and oxygen atoms in total. The van der Waals surface area contributed by atoms with Crippen LogP contribution in [0.5, 0.6) is 0 Å². The van der Waals surface area contributed by atoms with Gasteiger partial charge in [-0.25, -0.2) is 4.99 Å². The summed E-state index contributed by atoms with van der Waals surface area (Å²) in [5.74, 6) is 2.57. The third-order valence-electron chi connectivity index (χ3n) is 5.26. The summed E-state index contributed by atoms with van der Waals surface area (Å²) in [5.41, 5.74) is 1.14. The van der Waals surface area contributed by atoms with Crippen LogP contribution in [0.3, 0.4) is 0 Å². The molecule has 1 N–H and O–H groups in total. The average molecular weight is 434 g/mol. The van der Waals surface area contributed by atoms with E-state index in [1.54, 1.807) is 0 Å². The summed E-state index contributed by atoms with van der Waals surface area (Å²) < 4.78 is 7.39. The van der Waals surface area contributed by atoms with Gasteiger partial charge >= 0.3 is 0 Å². The van der Waals surface area contributed by atoms with E-state index >= 15 is 0 Å². The number of benzene rings is 1. The molecule has 2 heterocycles. The van der Waals surface area contributed by atoms with Crippen LogP contribution in [0, 0.1) is 6.92 Å². The maximum absolute atomic E-state index is 6.15. The van der Waals surface area contributed by atoms with Crippen molar-refractivity contribution >= 4 is 17.6 Å². The summed E-state index contributed by atoms with van der Waals surface area (Å²) in [6, 6.07) is 7.92. The largest absolute Gasteiger partial charge is 0.379 e. The zero-order chi connectivity index (χ0) is 21.3. The Morgan fingerprint density at radius 1 is 1.30 bits per heavy atom. The van der Waals surface area contributed by atoms with Gasteiger partial charge in [-0.3, -0.25) is 4.90 Å². The lowest BCUT2D eigenvalue weighted by molar-refractivity contribution is 0.0375. The number of aryl methyl sites for hydroxylation is 1. The first-order chi connectivity index (χ1) is 14.5. The Balaban J connectivity index is 1.60. The molecule has 0 aliphatic carbocycles. The Hall–Kier alpha value is -2.16. The average Bonchev–Trinajstić information content (AvgIpc) is 3.06. The number of hydrogen-bond donors (Lipinski definition) is 1. The molecule has 1 aromatic carbocycles. The monoisotopic (exact) mass is 433 g/mol. The SMILES string of the molecule is Cc1nnc(CN=C(NCCCN2CCOCC2)N(C)Cc2cccc(Cl)c2)n1C. The molecule has 164 valence electrons. The van der Waals surface area contributed by atoms with Gasteiger partial charge in [-0.15, -0.1) is 10.2 Å². The minimum absolute atomic E-state index is 0.475. The molecule has 0 bridgehead atoms. The van der Waals surface area contributed by atoms with Gasteiger partial charge in [0.2, 0.25) is 0 Å². The molecule has 1 aliphatic heterocycles. The number of guanidine groups is 1. The Morgan fingerprint density at radius 3 is 2.80 bits per heavy atom. The third-order valence-corrected chi connectivity index (χ3v) is 5.50. The highest BCUT2D eigenvalue weighted by Crippen LogP contribution is 2.12. The van der Waals surface area contributed by atoms with Gasteiger partial charge in [-0.05, 0) is 37.6 Å². The molecule has 0 unspecified atom stereocenters. The molecule has 3 rings (SSSR count).